The molecule has 5 heteroatoms. The summed E-state index contributed by atoms with van der Waals surface area (Å²) in [6, 6.07) is 6.41. The van der Waals surface area contributed by atoms with E-state index in [1.807, 2.05) is 0 Å². The molecule has 0 heterocycles. The molecule has 0 aliphatic carbocycles. The molecular weight excluding hydrogens is 284 g/mol. The third-order valence-corrected chi connectivity index (χ3v) is 3.51. The van der Waals surface area contributed by atoms with E-state index in [0.717, 1.165) is 19.3 Å². The average molecular weight is 308 g/mol. The number of hydrogen-bond acceptors (Lipinski definition) is 5. The van der Waals surface area contributed by atoms with Crippen LogP contribution in [0.4, 0.5) is 0 Å². The number of carbonyl (C=O) groups excluding carboxylic acids is 2. The van der Waals surface area contributed by atoms with Gasteiger partial charge >= 0.3 is 11.9 Å². The second-order valence-electron chi connectivity index (χ2n) is 5.16. The van der Waals surface area contributed by atoms with Crippen LogP contribution in [-0.2, 0) is 9.47 Å². The van der Waals surface area contributed by atoms with Crippen LogP contribution in [0.2, 0.25) is 0 Å². The second-order valence-corrected chi connectivity index (χ2v) is 5.16. The molecule has 0 fully saturated rings. The molecule has 0 spiro atoms. The minimum Gasteiger partial charge on any atom is -0.465 e. The molecule has 1 rings (SSSR count). The van der Waals surface area contributed by atoms with Gasteiger partial charge in [-0.15, -0.1) is 0 Å². The summed E-state index contributed by atoms with van der Waals surface area (Å²) in [5, 5.41) is 9.07. The highest BCUT2D eigenvalue weighted by Gasteiger charge is 2.19. The lowest BCUT2D eigenvalue weighted by Crippen LogP contribution is -2.18. The third kappa shape index (κ3) is 5.48. The molecule has 0 amide bonds. The third-order valence-electron chi connectivity index (χ3n) is 3.51. The van der Waals surface area contributed by atoms with E-state index < -0.39 is 11.9 Å². The summed E-state index contributed by atoms with van der Waals surface area (Å²) in [6.07, 6.45) is 3.59. The molecule has 0 aliphatic rings. The maximum atomic E-state index is 12.2. The van der Waals surface area contributed by atoms with Gasteiger partial charge in [0.2, 0.25) is 0 Å². The van der Waals surface area contributed by atoms with Gasteiger partial charge in [-0.05, 0) is 30.9 Å². The summed E-state index contributed by atoms with van der Waals surface area (Å²) in [5.41, 5.74) is 0.398. The van der Waals surface area contributed by atoms with Crippen molar-refractivity contribution >= 4 is 11.9 Å². The summed E-state index contributed by atoms with van der Waals surface area (Å²) in [4.78, 5) is 23.8. The molecule has 1 aromatic carbocycles. The highest BCUT2D eigenvalue weighted by atomic mass is 16.5. The zero-order chi connectivity index (χ0) is 16.4. The Morgan fingerprint density at radius 2 is 1.77 bits per heavy atom. The van der Waals surface area contributed by atoms with E-state index in [2.05, 4.69) is 11.7 Å². The normalized spacial score (nSPS) is 11.8. The van der Waals surface area contributed by atoms with Gasteiger partial charge in [0, 0.05) is 6.61 Å². The van der Waals surface area contributed by atoms with Gasteiger partial charge in [0.05, 0.1) is 24.8 Å². The summed E-state index contributed by atoms with van der Waals surface area (Å²) < 4.78 is 9.98. The number of ether oxygens (including phenoxy) is 2. The fourth-order valence-electron chi connectivity index (χ4n) is 2.21. The van der Waals surface area contributed by atoms with Crippen molar-refractivity contribution in [1.82, 2.24) is 0 Å². The molecule has 1 atom stereocenters. The lowest BCUT2D eigenvalue weighted by atomic mass is 10.00. The molecule has 0 radical (unpaired) electrons. The van der Waals surface area contributed by atoms with Crippen molar-refractivity contribution in [2.24, 2.45) is 5.92 Å². The van der Waals surface area contributed by atoms with Crippen molar-refractivity contribution in [3.63, 3.8) is 0 Å². The molecule has 1 N–H and O–H groups in total. The molecule has 22 heavy (non-hydrogen) atoms. The first-order valence-corrected chi connectivity index (χ1v) is 7.59. The summed E-state index contributed by atoms with van der Waals surface area (Å²) in [6.45, 7) is 2.41. The van der Waals surface area contributed by atoms with Crippen molar-refractivity contribution < 1.29 is 24.2 Å². The van der Waals surface area contributed by atoms with Gasteiger partial charge in [-0.3, -0.25) is 0 Å². The van der Waals surface area contributed by atoms with Crippen molar-refractivity contribution in [1.29, 1.82) is 0 Å². The van der Waals surface area contributed by atoms with Crippen LogP contribution in [0.1, 0.15) is 53.3 Å². The predicted molar refractivity (Wildman–Crippen MR) is 82.8 cm³/mol. The maximum absolute atomic E-state index is 12.2. The number of aliphatic hydroxyl groups excluding tert-OH is 1. The smallest absolute Gasteiger partial charge is 0.339 e. The Hall–Kier alpha value is -1.88. The Kier molecular flexibility index (Phi) is 8.22. The Balaban J connectivity index is 2.70. The van der Waals surface area contributed by atoms with Crippen LogP contribution in [0.5, 0.6) is 0 Å². The van der Waals surface area contributed by atoms with Crippen LogP contribution < -0.4 is 0 Å². The van der Waals surface area contributed by atoms with Gasteiger partial charge < -0.3 is 14.6 Å². The maximum Gasteiger partial charge on any atom is 0.339 e. The molecule has 0 bridgehead atoms. The van der Waals surface area contributed by atoms with Crippen LogP contribution in [0.3, 0.4) is 0 Å². The van der Waals surface area contributed by atoms with Crippen LogP contribution in [0.15, 0.2) is 24.3 Å². The van der Waals surface area contributed by atoms with Crippen molar-refractivity contribution in [2.75, 3.05) is 20.3 Å². The van der Waals surface area contributed by atoms with Gasteiger partial charge in [0.15, 0.2) is 0 Å². The summed E-state index contributed by atoms with van der Waals surface area (Å²) in [7, 11) is 1.27. The molecule has 122 valence electrons. The molecule has 0 saturated heterocycles. The number of benzene rings is 1. The lowest BCUT2D eigenvalue weighted by Gasteiger charge is -2.16. The first-order chi connectivity index (χ1) is 10.6. The number of aliphatic hydroxyl groups is 1. The monoisotopic (exact) mass is 308 g/mol. The number of unbranched alkanes of at least 4 members (excludes halogenated alkanes) is 1. The number of carbonyl (C=O) groups is 2. The number of methoxy groups -OCH3 is 1. The summed E-state index contributed by atoms with van der Waals surface area (Å²) in [5.74, 6) is -0.968. The zero-order valence-electron chi connectivity index (χ0n) is 13.2. The lowest BCUT2D eigenvalue weighted by molar-refractivity contribution is 0.0399. The fraction of sp³-hybridized carbons (Fsp3) is 0.529. The Labute approximate surface area is 131 Å². The van der Waals surface area contributed by atoms with Gasteiger partial charge in [-0.2, -0.15) is 0 Å². The van der Waals surface area contributed by atoms with Gasteiger partial charge in [0.1, 0.15) is 0 Å². The first-order valence-electron chi connectivity index (χ1n) is 7.59. The SMILES string of the molecule is CCCCC(CCO)COC(=O)c1ccccc1C(=O)OC. The Morgan fingerprint density at radius 3 is 2.32 bits per heavy atom. The van der Waals surface area contributed by atoms with E-state index in [-0.39, 0.29) is 30.3 Å². The topological polar surface area (TPSA) is 72.8 Å². The number of rotatable bonds is 9. The predicted octanol–water partition coefficient (Wildman–Crippen LogP) is 2.82. The Morgan fingerprint density at radius 1 is 1.14 bits per heavy atom. The number of hydrogen-bond donors (Lipinski definition) is 1. The van der Waals surface area contributed by atoms with Crippen LogP contribution in [0.25, 0.3) is 0 Å². The molecule has 5 nitrogen and oxygen atoms in total. The zero-order valence-corrected chi connectivity index (χ0v) is 13.2. The molecular formula is C17H24O5. The molecule has 1 aromatic rings. The summed E-state index contributed by atoms with van der Waals surface area (Å²) >= 11 is 0. The standard InChI is InChI=1S/C17H24O5/c1-3-4-7-13(10-11-18)12-22-17(20)15-9-6-5-8-14(15)16(19)21-2/h5-6,8-9,13,18H,3-4,7,10-12H2,1-2H3. The largest absolute Gasteiger partial charge is 0.465 e. The van der Waals surface area contributed by atoms with Crippen LogP contribution in [0, 0.1) is 5.92 Å². The van der Waals surface area contributed by atoms with Crippen molar-refractivity contribution in [3.05, 3.63) is 35.4 Å². The Bertz CT molecular complexity index is 484. The van der Waals surface area contributed by atoms with E-state index in [1.54, 1.807) is 18.2 Å². The molecule has 0 saturated carbocycles. The minimum atomic E-state index is -0.564. The van der Waals surface area contributed by atoms with E-state index in [0.29, 0.717) is 6.42 Å². The first kappa shape index (κ1) is 18.2. The van der Waals surface area contributed by atoms with Crippen LogP contribution >= 0.6 is 0 Å². The van der Waals surface area contributed by atoms with Gasteiger partial charge in [-0.1, -0.05) is 31.9 Å². The van der Waals surface area contributed by atoms with Gasteiger partial charge in [-0.25, -0.2) is 9.59 Å². The number of esters is 2. The van der Waals surface area contributed by atoms with Crippen molar-refractivity contribution in [3.8, 4) is 0 Å². The minimum absolute atomic E-state index is 0.0741. The van der Waals surface area contributed by atoms with E-state index in [9.17, 15) is 9.59 Å². The quantitative estimate of drug-likeness (QED) is 0.710. The average Bonchev–Trinajstić information content (AvgIpc) is 2.56. The van der Waals surface area contributed by atoms with E-state index in [4.69, 9.17) is 9.84 Å². The molecule has 0 aliphatic heterocycles. The fourth-order valence-corrected chi connectivity index (χ4v) is 2.21. The van der Waals surface area contributed by atoms with E-state index >= 15 is 0 Å². The van der Waals surface area contributed by atoms with Gasteiger partial charge in [0.25, 0.3) is 0 Å². The highest BCUT2D eigenvalue weighted by Crippen LogP contribution is 2.16. The van der Waals surface area contributed by atoms with Crippen LogP contribution in [-0.4, -0.2) is 37.4 Å². The van der Waals surface area contributed by atoms with Crippen molar-refractivity contribution in [2.45, 2.75) is 32.6 Å². The highest BCUT2D eigenvalue weighted by molar-refractivity contribution is 6.03. The second kappa shape index (κ2) is 9.95. The molecule has 1 unspecified atom stereocenters. The van der Waals surface area contributed by atoms with E-state index in [1.165, 1.54) is 13.2 Å². The molecule has 0 aromatic heterocycles.